The van der Waals surface area contributed by atoms with E-state index in [4.69, 9.17) is 26.2 Å². The monoisotopic (exact) mass is 533 g/mol. The Bertz CT molecular complexity index is 1210. The van der Waals surface area contributed by atoms with Crippen LogP contribution in [0.3, 0.4) is 0 Å². The summed E-state index contributed by atoms with van der Waals surface area (Å²) in [5.41, 5.74) is 0.501. The highest BCUT2D eigenvalue weighted by atomic mass is 35.5. The summed E-state index contributed by atoms with van der Waals surface area (Å²) in [5.74, 6) is -0.565. The van der Waals surface area contributed by atoms with Crippen LogP contribution in [0.25, 0.3) is 10.8 Å². The molecule has 9 nitrogen and oxygen atoms in total. The predicted molar refractivity (Wildman–Crippen MR) is 137 cm³/mol. The van der Waals surface area contributed by atoms with E-state index in [0.29, 0.717) is 11.4 Å². The molecule has 3 rings (SSSR count). The van der Waals surface area contributed by atoms with Crippen molar-refractivity contribution in [2.24, 2.45) is 0 Å². The van der Waals surface area contributed by atoms with Crippen molar-refractivity contribution >= 4 is 40.2 Å². The molecule has 3 N–H and O–H groups in total. The number of nitrogens with one attached hydrogen (secondary N) is 1. The number of anilines is 1. The van der Waals surface area contributed by atoms with E-state index in [2.05, 4.69) is 10.3 Å². The van der Waals surface area contributed by atoms with E-state index >= 15 is 0 Å². The smallest absolute Gasteiger partial charge is 0.412 e. The predicted octanol–water partition coefficient (Wildman–Crippen LogP) is 3.41. The third-order valence-corrected chi connectivity index (χ3v) is 6.10. The van der Waals surface area contributed by atoms with Crippen LogP contribution in [0.2, 0.25) is 5.02 Å². The zero-order chi connectivity index (χ0) is 26.8. The van der Waals surface area contributed by atoms with Crippen molar-refractivity contribution in [3.63, 3.8) is 0 Å². The van der Waals surface area contributed by atoms with Gasteiger partial charge in [0.05, 0.1) is 30.9 Å². The van der Waals surface area contributed by atoms with E-state index in [-0.39, 0.29) is 43.6 Å². The van der Waals surface area contributed by atoms with E-state index in [1.165, 1.54) is 24.1 Å². The number of hydrogen-bond acceptors (Lipinski definition) is 7. The molecule has 3 aromatic rings. The quantitative estimate of drug-likeness (QED) is 0.326. The van der Waals surface area contributed by atoms with Gasteiger partial charge < -0.3 is 24.6 Å². The Morgan fingerprint density at radius 2 is 1.89 bits per heavy atom. The van der Waals surface area contributed by atoms with Gasteiger partial charge in [0, 0.05) is 25.1 Å². The van der Waals surface area contributed by atoms with Crippen LogP contribution in [-0.4, -0.2) is 77.7 Å². The number of halogens is 2. The fourth-order valence-corrected chi connectivity index (χ4v) is 3.71. The van der Waals surface area contributed by atoms with Crippen LogP contribution in [0.5, 0.6) is 0 Å². The van der Waals surface area contributed by atoms with Gasteiger partial charge in [-0.05, 0) is 29.5 Å². The molecule has 0 spiro atoms. The molecule has 0 fully saturated rings. The lowest BCUT2D eigenvalue weighted by molar-refractivity contribution is -0.134. The SMILES string of the molecule is CN(C(=O)CCc1cccc(F)c1Cl)[C@@H](COC[C@@H](O)CO)COC(=O)Nc1cc2ccccc2cn1. The van der Waals surface area contributed by atoms with Gasteiger partial charge in [0.15, 0.2) is 0 Å². The molecule has 198 valence electrons. The molecule has 2 atom stereocenters. The van der Waals surface area contributed by atoms with Crippen molar-refractivity contribution in [1.82, 2.24) is 9.88 Å². The average molecular weight is 534 g/mol. The summed E-state index contributed by atoms with van der Waals surface area (Å²) in [6.07, 6.45) is 0.0232. The number of nitrogens with zero attached hydrogens (tertiary/aromatic N) is 2. The molecule has 0 bridgehead atoms. The molecule has 0 radical (unpaired) electrons. The Labute approximate surface area is 218 Å². The summed E-state index contributed by atoms with van der Waals surface area (Å²) in [7, 11) is 1.53. The van der Waals surface area contributed by atoms with Crippen molar-refractivity contribution in [1.29, 1.82) is 0 Å². The van der Waals surface area contributed by atoms with Gasteiger partial charge in [0.2, 0.25) is 5.91 Å². The van der Waals surface area contributed by atoms with E-state index < -0.39 is 30.7 Å². The molecule has 2 aromatic carbocycles. The number of aliphatic hydroxyl groups excluding tert-OH is 2. The lowest BCUT2D eigenvalue weighted by Gasteiger charge is -2.28. The molecule has 1 heterocycles. The highest BCUT2D eigenvalue weighted by Crippen LogP contribution is 2.21. The van der Waals surface area contributed by atoms with Crippen molar-refractivity contribution in [3.8, 4) is 0 Å². The molecule has 0 unspecified atom stereocenters. The fourth-order valence-electron chi connectivity index (χ4n) is 3.49. The minimum Gasteiger partial charge on any atom is -0.447 e. The minimum absolute atomic E-state index is 0.0295. The van der Waals surface area contributed by atoms with Crippen LogP contribution in [0.4, 0.5) is 15.0 Å². The van der Waals surface area contributed by atoms with E-state index in [9.17, 15) is 19.1 Å². The number of ether oxygens (including phenoxy) is 2. The van der Waals surface area contributed by atoms with Gasteiger partial charge in [0.25, 0.3) is 0 Å². The van der Waals surface area contributed by atoms with Gasteiger partial charge in [-0.1, -0.05) is 48.0 Å². The Balaban J connectivity index is 1.59. The van der Waals surface area contributed by atoms with Crippen LogP contribution in [0, 0.1) is 5.82 Å². The molecule has 37 heavy (non-hydrogen) atoms. The van der Waals surface area contributed by atoms with Crippen molar-refractivity contribution < 1.29 is 33.7 Å². The van der Waals surface area contributed by atoms with Gasteiger partial charge in [-0.2, -0.15) is 0 Å². The first-order chi connectivity index (χ1) is 17.8. The molecule has 0 aliphatic rings. The number of aliphatic hydroxyl groups is 2. The lowest BCUT2D eigenvalue weighted by Crippen LogP contribution is -2.44. The maximum atomic E-state index is 13.7. The number of amides is 2. The van der Waals surface area contributed by atoms with Crippen LogP contribution >= 0.6 is 11.6 Å². The highest BCUT2D eigenvalue weighted by molar-refractivity contribution is 6.31. The van der Waals surface area contributed by atoms with E-state index in [1.807, 2.05) is 24.3 Å². The number of rotatable bonds is 12. The summed E-state index contributed by atoms with van der Waals surface area (Å²) in [5, 5.41) is 22.9. The number of benzene rings is 2. The van der Waals surface area contributed by atoms with Crippen LogP contribution in [0.15, 0.2) is 54.7 Å². The second-order valence-electron chi connectivity index (χ2n) is 8.39. The number of pyridine rings is 1. The number of fused-ring (bicyclic) bond motifs is 1. The summed E-state index contributed by atoms with van der Waals surface area (Å²) >= 11 is 5.98. The zero-order valence-corrected chi connectivity index (χ0v) is 21.0. The summed E-state index contributed by atoms with van der Waals surface area (Å²) in [6, 6.07) is 13.0. The third kappa shape index (κ3) is 8.36. The zero-order valence-electron chi connectivity index (χ0n) is 20.3. The normalized spacial score (nSPS) is 12.7. The molecule has 1 aromatic heterocycles. The number of carbonyl (C=O) groups is 2. The standard InChI is InChI=1S/C26H29ClFN3O6/c1-31(24(34)10-9-17-7-4-8-22(28)25(17)27)20(14-36-16-21(33)13-32)15-37-26(35)30-23-11-18-5-2-3-6-19(18)12-29-23/h2-8,11-12,20-21,32-33H,9-10,13-16H2,1H3,(H,29,30,35)/t20-,21-/m0/s1. The molecule has 0 aliphatic heterocycles. The minimum atomic E-state index is -1.08. The van der Waals surface area contributed by atoms with Crippen molar-refractivity contribution in [3.05, 3.63) is 71.1 Å². The van der Waals surface area contributed by atoms with Crippen molar-refractivity contribution in [2.75, 3.05) is 38.8 Å². The van der Waals surface area contributed by atoms with Crippen LogP contribution in [-0.2, 0) is 20.7 Å². The van der Waals surface area contributed by atoms with Crippen LogP contribution < -0.4 is 5.32 Å². The second-order valence-corrected chi connectivity index (χ2v) is 8.76. The second kappa shape index (κ2) is 13.8. The summed E-state index contributed by atoms with van der Waals surface area (Å²) in [6.45, 7) is -0.925. The highest BCUT2D eigenvalue weighted by Gasteiger charge is 2.23. The maximum absolute atomic E-state index is 13.7. The number of aryl methyl sites for hydroxylation is 1. The van der Waals surface area contributed by atoms with Gasteiger partial charge in [-0.25, -0.2) is 14.2 Å². The maximum Gasteiger partial charge on any atom is 0.412 e. The molecular weight excluding hydrogens is 505 g/mol. The largest absolute Gasteiger partial charge is 0.447 e. The number of carbonyl (C=O) groups excluding carboxylic acids is 2. The van der Waals surface area contributed by atoms with Crippen LogP contribution in [0.1, 0.15) is 12.0 Å². The Kier molecular flexibility index (Phi) is 10.6. The molecule has 11 heteroatoms. The van der Waals surface area contributed by atoms with E-state index in [0.717, 1.165) is 10.8 Å². The molecular formula is C26H29ClFN3O6. The number of likely N-dealkylation sites (N-methyl/N-ethyl adjacent to an activating group) is 1. The lowest BCUT2D eigenvalue weighted by atomic mass is 10.1. The Morgan fingerprint density at radius 3 is 2.65 bits per heavy atom. The average Bonchev–Trinajstić information content (AvgIpc) is 2.90. The first-order valence-electron chi connectivity index (χ1n) is 11.6. The summed E-state index contributed by atoms with van der Waals surface area (Å²) in [4.78, 5) is 30.8. The number of aromatic nitrogens is 1. The molecule has 0 saturated carbocycles. The number of hydrogen-bond donors (Lipinski definition) is 3. The molecule has 0 aliphatic carbocycles. The summed E-state index contributed by atoms with van der Waals surface area (Å²) < 4.78 is 24.4. The van der Waals surface area contributed by atoms with Gasteiger partial charge >= 0.3 is 6.09 Å². The first-order valence-corrected chi connectivity index (χ1v) is 12.0. The molecule has 0 saturated heterocycles. The van der Waals surface area contributed by atoms with Gasteiger partial charge in [-0.3, -0.25) is 10.1 Å². The Morgan fingerprint density at radius 1 is 1.14 bits per heavy atom. The first kappa shape index (κ1) is 28.3. The van der Waals surface area contributed by atoms with E-state index in [1.54, 1.807) is 18.3 Å². The third-order valence-electron chi connectivity index (χ3n) is 5.68. The topological polar surface area (TPSA) is 121 Å². The van der Waals surface area contributed by atoms with Crippen molar-refractivity contribution in [2.45, 2.75) is 25.0 Å². The fraction of sp³-hybridized carbons (Fsp3) is 0.346. The molecule has 2 amide bonds. The van der Waals surface area contributed by atoms with Gasteiger partial charge in [0.1, 0.15) is 24.3 Å². The Hall–Kier alpha value is -3.31. The van der Waals surface area contributed by atoms with Gasteiger partial charge in [-0.15, -0.1) is 0 Å².